The predicted molar refractivity (Wildman–Crippen MR) is 169 cm³/mol. The first-order chi connectivity index (χ1) is 23.3. The summed E-state index contributed by atoms with van der Waals surface area (Å²) < 4.78 is 135. The number of aromatic hydroxyl groups is 2. The maximum Gasteiger partial charge on any atom is 0.338 e. The fourth-order valence-electron chi connectivity index (χ4n) is 4.28. The van der Waals surface area contributed by atoms with Crippen LogP contribution in [0.1, 0.15) is 17.3 Å². The fourth-order valence-corrected chi connectivity index (χ4v) is 6.70. The lowest BCUT2D eigenvalue weighted by molar-refractivity contribution is -0.114. The lowest BCUT2D eigenvalue weighted by Gasteiger charge is -2.13. The topological polar surface area (TPSA) is 374 Å². The van der Waals surface area contributed by atoms with Gasteiger partial charge in [0.15, 0.2) is 11.5 Å². The molecule has 8 N–H and O–H groups in total. The van der Waals surface area contributed by atoms with E-state index in [0.29, 0.717) is 30.3 Å². The van der Waals surface area contributed by atoms with Crippen LogP contribution >= 0.6 is 0 Å². The number of phenolic OH excluding ortho intramolecular Hbond substituents is 2. The quantitative estimate of drug-likeness (QED) is 0.0837. The van der Waals surface area contributed by atoms with E-state index in [1.165, 1.54) is 6.07 Å². The molecule has 0 aliphatic heterocycles. The molecule has 0 aromatic heterocycles. The predicted octanol–water partition coefficient (Wildman–Crippen LogP) is 3.73. The monoisotopic (exact) mass is 789 g/mol. The van der Waals surface area contributed by atoms with Gasteiger partial charge in [0, 0.05) is 12.6 Å². The van der Waals surface area contributed by atoms with Crippen molar-refractivity contribution in [1.82, 2.24) is 0 Å². The third-order valence-corrected chi connectivity index (χ3v) is 9.86. The summed E-state index contributed by atoms with van der Waals surface area (Å²) in [6.45, 7) is 1.13. The van der Waals surface area contributed by atoms with Gasteiger partial charge in [0.2, 0.25) is 5.91 Å². The molecule has 0 saturated heterocycles. The second-order valence-electron chi connectivity index (χ2n) is 9.89. The number of benzene rings is 4. The highest BCUT2D eigenvalue weighted by molar-refractivity contribution is 7.86. The molecule has 0 radical (unpaired) electrons. The largest absolute Gasteiger partial charge is 0.505 e. The van der Waals surface area contributed by atoms with Crippen molar-refractivity contribution in [1.29, 1.82) is 0 Å². The number of anilines is 1. The third kappa shape index (κ3) is 8.29. The van der Waals surface area contributed by atoms with Gasteiger partial charge in [-0.1, -0.05) is 0 Å². The summed E-state index contributed by atoms with van der Waals surface area (Å²) in [5, 5.41) is 46.2. The Hall–Kier alpha value is -5.48. The van der Waals surface area contributed by atoms with E-state index in [9.17, 15) is 76.8 Å². The van der Waals surface area contributed by atoms with E-state index in [4.69, 9.17) is 0 Å². The van der Waals surface area contributed by atoms with Crippen LogP contribution in [0.25, 0.3) is 10.8 Å². The molecule has 51 heavy (non-hydrogen) atoms. The number of carboxylic acid groups (broad SMARTS) is 1. The van der Waals surface area contributed by atoms with Crippen molar-refractivity contribution in [2.75, 3.05) is 5.32 Å². The standard InChI is InChI=1S/C25H19N5O17S4/c1-10(31)26-12-2-4-15(14(8-12)25(34)35)27-29-21-18(50(42,43)44)6-11-7-19(51(45,46)47)22(24(33)20(11)23(21)32)30-28-16-9-13(48(36,37)38)3-5-17(16)49(39,40)41/h2-9,32-33H,1H3,(H,26,31)(H,34,35)(H,36,37,38)(H,39,40,41)(H,42,43,44)(H,45,46,47). The van der Waals surface area contributed by atoms with Crippen LogP contribution in [0.4, 0.5) is 28.4 Å². The zero-order valence-electron chi connectivity index (χ0n) is 24.8. The average molecular weight is 790 g/mol. The molecular weight excluding hydrogens is 771 g/mol. The van der Waals surface area contributed by atoms with Crippen LogP contribution in [-0.4, -0.2) is 79.1 Å². The summed E-state index contributed by atoms with van der Waals surface area (Å²) in [4.78, 5) is 18.4. The maximum atomic E-state index is 12.3. The smallest absolute Gasteiger partial charge is 0.338 e. The van der Waals surface area contributed by atoms with Gasteiger partial charge in [-0.3, -0.25) is 23.0 Å². The fraction of sp³-hybridized carbons (Fsp3) is 0.0400. The van der Waals surface area contributed by atoms with Crippen LogP contribution in [0.3, 0.4) is 0 Å². The first-order valence-electron chi connectivity index (χ1n) is 12.9. The summed E-state index contributed by atoms with van der Waals surface area (Å²) in [5.74, 6) is -5.03. The SMILES string of the molecule is CC(=O)Nc1ccc(N=Nc2c(S(=O)(=O)O)cc3cc(S(=O)(=O)O)c(N=Nc4cc(S(=O)(=O)O)ccc4S(=O)(=O)O)c(O)c3c2O)c(C(=O)O)c1. The van der Waals surface area contributed by atoms with Gasteiger partial charge in [-0.2, -0.15) is 33.7 Å². The van der Waals surface area contributed by atoms with Crippen molar-refractivity contribution < 1.29 is 76.8 Å². The van der Waals surface area contributed by atoms with E-state index in [0.717, 1.165) is 19.1 Å². The Labute approximate surface area is 285 Å². The van der Waals surface area contributed by atoms with Gasteiger partial charge in [0.1, 0.15) is 37.4 Å². The van der Waals surface area contributed by atoms with Crippen LogP contribution in [-0.2, 0) is 45.3 Å². The summed E-state index contributed by atoms with van der Waals surface area (Å²) in [6.07, 6.45) is 0. The van der Waals surface area contributed by atoms with E-state index < -0.39 is 123 Å². The number of hydrogen-bond acceptors (Lipinski definition) is 16. The number of aromatic carboxylic acids is 1. The second-order valence-corrected chi connectivity index (χ2v) is 15.5. The maximum absolute atomic E-state index is 12.3. The van der Waals surface area contributed by atoms with Crippen molar-refractivity contribution in [3.63, 3.8) is 0 Å². The Morgan fingerprint density at radius 2 is 1.10 bits per heavy atom. The van der Waals surface area contributed by atoms with E-state index in [-0.39, 0.29) is 5.69 Å². The van der Waals surface area contributed by atoms with Crippen LogP contribution in [0.15, 0.2) is 88.6 Å². The minimum absolute atomic E-state index is 0.000651. The molecule has 0 bridgehead atoms. The Balaban J connectivity index is 2.06. The molecule has 0 saturated carbocycles. The minimum atomic E-state index is -5.50. The third-order valence-electron chi connectivity index (χ3n) is 6.38. The first kappa shape index (κ1) is 38.3. The van der Waals surface area contributed by atoms with Gasteiger partial charge in [-0.25, -0.2) is 4.79 Å². The van der Waals surface area contributed by atoms with E-state index in [2.05, 4.69) is 25.8 Å². The Morgan fingerprint density at radius 1 is 0.608 bits per heavy atom. The van der Waals surface area contributed by atoms with Crippen molar-refractivity contribution >= 4 is 91.6 Å². The molecular formula is C25H19N5O17S4. The lowest BCUT2D eigenvalue weighted by atomic mass is 10.1. The number of nitrogens with one attached hydrogen (secondary N) is 1. The number of rotatable bonds is 10. The summed E-state index contributed by atoms with van der Waals surface area (Å²) in [5.41, 5.74) is -4.68. The highest BCUT2D eigenvalue weighted by Crippen LogP contribution is 2.50. The molecule has 4 aromatic rings. The number of amides is 1. The normalized spacial score (nSPS) is 12.9. The number of carboxylic acids is 1. The number of azo groups is 2. The zero-order valence-corrected chi connectivity index (χ0v) is 28.0. The Bertz CT molecular complexity index is 2690. The number of nitrogens with zero attached hydrogens (tertiary/aromatic N) is 4. The molecule has 0 spiro atoms. The molecule has 1 amide bonds. The zero-order chi connectivity index (χ0) is 38.4. The molecule has 0 aliphatic rings. The highest BCUT2D eigenvalue weighted by Gasteiger charge is 2.29. The van der Waals surface area contributed by atoms with Crippen molar-refractivity contribution in [3.05, 3.63) is 54.1 Å². The first-order valence-corrected chi connectivity index (χ1v) is 18.6. The molecule has 270 valence electrons. The van der Waals surface area contributed by atoms with Gasteiger partial charge in [-0.05, 0) is 53.9 Å². The van der Waals surface area contributed by atoms with Gasteiger partial charge in [0.25, 0.3) is 40.5 Å². The summed E-state index contributed by atoms with van der Waals surface area (Å²) in [6, 6.07) is 5.32. The molecule has 0 heterocycles. The van der Waals surface area contributed by atoms with Gasteiger partial charge < -0.3 is 20.6 Å². The van der Waals surface area contributed by atoms with Gasteiger partial charge in [-0.15, -0.1) is 20.5 Å². The van der Waals surface area contributed by atoms with Crippen LogP contribution in [0.5, 0.6) is 11.5 Å². The Morgan fingerprint density at radius 3 is 1.53 bits per heavy atom. The van der Waals surface area contributed by atoms with Crippen molar-refractivity contribution in [2.24, 2.45) is 20.5 Å². The minimum Gasteiger partial charge on any atom is -0.505 e. The summed E-state index contributed by atoms with van der Waals surface area (Å²) in [7, 11) is -21.2. The van der Waals surface area contributed by atoms with Crippen LogP contribution in [0.2, 0.25) is 0 Å². The lowest BCUT2D eigenvalue weighted by Crippen LogP contribution is -2.07. The van der Waals surface area contributed by atoms with Gasteiger partial charge in [0.05, 0.1) is 15.8 Å². The van der Waals surface area contributed by atoms with E-state index in [1.54, 1.807) is 0 Å². The van der Waals surface area contributed by atoms with Crippen molar-refractivity contribution in [2.45, 2.75) is 26.5 Å². The second kappa shape index (κ2) is 13.3. The molecule has 4 aromatic carbocycles. The molecule has 0 fully saturated rings. The molecule has 0 atom stereocenters. The number of carbonyl (C=O) groups is 2. The molecule has 0 aliphatic carbocycles. The van der Waals surface area contributed by atoms with E-state index in [1.807, 2.05) is 0 Å². The molecule has 4 rings (SSSR count). The van der Waals surface area contributed by atoms with E-state index >= 15 is 0 Å². The molecule has 0 unspecified atom stereocenters. The Kier molecular flexibility index (Phi) is 10.0. The van der Waals surface area contributed by atoms with Crippen LogP contribution in [0, 0.1) is 0 Å². The molecule has 22 nitrogen and oxygen atoms in total. The summed E-state index contributed by atoms with van der Waals surface area (Å²) >= 11 is 0. The number of carbonyl (C=O) groups excluding carboxylic acids is 1. The number of hydrogen-bond donors (Lipinski definition) is 8. The van der Waals surface area contributed by atoms with Crippen LogP contribution < -0.4 is 5.32 Å². The highest BCUT2D eigenvalue weighted by atomic mass is 32.2. The average Bonchev–Trinajstić information content (AvgIpc) is 2.97. The molecule has 26 heteroatoms. The van der Waals surface area contributed by atoms with Gasteiger partial charge >= 0.3 is 5.97 Å². The number of phenols is 2. The van der Waals surface area contributed by atoms with Crippen molar-refractivity contribution in [3.8, 4) is 11.5 Å². The number of fused-ring (bicyclic) bond motifs is 1.